The second kappa shape index (κ2) is 6.95. The smallest absolute Gasteiger partial charge is 0.227 e. The van der Waals surface area contributed by atoms with Crippen LogP contribution in [0, 0.1) is 5.92 Å². The summed E-state index contributed by atoms with van der Waals surface area (Å²) in [6, 6.07) is 15.9. The van der Waals surface area contributed by atoms with Crippen molar-refractivity contribution in [1.82, 2.24) is 0 Å². The van der Waals surface area contributed by atoms with Crippen molar-refractivity contribution in [3.05, 3.63) is 54.1 Å². The van der Waals surface area contributed by atoms with E-state index in [4.69, 9.17) is 5.73 Å². The molecule has 0 saturated heterocycles. The number of fused-ring (bicyclic) bond motifs is 1. The van der Waals surface area contributed by atoms with Gasteiger partial charge in [0.15, 0.2) is 0 Å². The van der Waals surface area contributed by atoms with Gasteiger partial charge in [0.1, 0.15) is 0 Å². The number of para-hydroxylation sites is 3. The van der Waals surface area contributed by atoms with E-state index in [0.717, 1.165) is 35.7 Å². The molecule has 1 amide bonds. The van der Waals surface area contributed by atoms with E-state index in [1.165, 1.54) is 0 Å². The van der Waals surface area contributed by atoms with E-state index in [1.54, 1.807) is 0 Å². The van der Waals surface area contributed by atoms with Crippen molar-refractivity contribution >= 4 is 23.0 Å². The molecule has 24 heavy (non-hydrogen) atoms. The molecule has 3 rings (SSSR count). The normalized spacial score (nSPS) is 17.3. The molecule has 1 aliphatic rings. The fourth-order valence-electron chi connectivity index (χ4n) is 3.42. The van der Waals surface area contributed by atoms with E-state index in [2.05, 4.69) is 24.9 Å². The third kappa shape index (κ3) is 3.37. The Hall–Kier alpha value is -2.49. The zero-order valence-electron chi connectivity index (χ0n) is 14.4. The van der Waals surface area contributed by atoms with Crippen LogP contribution in [-0.2, 0) is 11.2 Å². The summed E-state index contributed by atoms with van der Waals surface area (Å²) in [6.07, 6.45) is 1.15. The van der Waals surface area contributed by atoms with Gasteiger partial charge in [0.05, 0.1) is 11.4 Å². The van der Waals surface area contributed by atoms with Crippen LogP contribution >= 0.6 is 0 Å². The molecule has 4 heteroatoms. The van der Waals surface area contributed by atoms with E-state index < -0.39 is 0 Å². The summed E-state index contributed by atoms with van der Waals surface area (Å²) in [5, 5.41) is 0. The molecule has 0 fully saturated rings. The minimum absolute atomic E-state index is 0.160. The van der Waals surface area contributed by atoms with Crippen LogP contribution in [0.1, 0.15) is 18.9 Å². The molecule has 1 aliphatic heterocycles. The predicted molar refractivity (Wildman–Crippen MR) is 100 cm³/mol. The van der Waals surface area contributed by atoms with Crippen molar-refractivity contribution in [2.75, 3.05) is 35.7 Å². The van der Waals surface area contributed by atoms with Gasteiger partial charge >= 0.3 is 0 Å². The lowest BCUT2D eigenvalue weighted by Crippen LogP contribution is -2.35. The fraction of sp³-hybridized carbons (Fsp3) is 0.350. The van der Waals surface area contributed by atoms with Crippen LogP contribution in [0.25, 0.3) is 0 Å². The quantitative estimate of drug-likeness (QED) is 0.882. The number of benzene rings is 2. The molecule has 4 nitrogen and oxygen atoms in total. The van der Waals surface area contributed by atoms with Crippen molar-refractivity contribution < 1.29 is 4.79 Å². The van der Waals surface area contributed by atoms with Gasteiger partial charge in [-0.1, -0.05) is 37.3 Å². The summed E-state index contributed by atoms with van der Waals surface area (Å²) in [4.78, 5) is 17.1. The minimum Gasteiger partial charge on any atom is -0.399 e. The van der Waals surface area contributed by atoms with Crippen LogP contribution in [0.15, 0.2) is 48.5 Å². The highest BCUT2D eigenvalue weighted by molar-refractivity contribution is 5.97. The van der Waals surface area contributed by atoms with Crippen molar-refractivity contribution in [3.8, 4) is 0 Å². The molecule has 2 aromatic rings. The fourth-order valence-corrected chi connectivity index (χ4v) is 3.42. The third-order valence-corrected chi connectivity index (χ3v) is 4.63. The highest BCUT2D eigenvalue weighted by Gasteiger charge is 2.26. The van der Waals surface area contributed by atoms with Gasteiger partial charge in [-0.2, -0.15) is 0 Å². The van der Waals surface area contributed by atoms with Crippen LogP contribution in [0.4, 0.5) is 17.1 Å². The molecule has 2 N–H and O–H groups in total. The Bertz CT molecular complexity index is 728. The Morgan fingerprint density at radius 2 is 1.75 bits per heavy atom. The van der Waals surface area contributed by atoms with Gasteiger partial charge in [-0.25, -0.2) is 0 Å². The number of nitrogens with two attached hydrogens (primary N) is 1. The van der Waals surface area contributed by atoms with Crippen LogP contribution in [0.2, 0.25) is 0 Å². The Morgan fingerprint density at radius 3 is 2.50 bits per heavy atom. The Kier molecular flexibility index (Phi) is 4.74. The average molecular weight is 323 g/mol. The van der Waals surface area contributed by atoms with Gasteiger partial charge in [-0.3, -0.25) is 4.79 Å². The van der Waals surface area contributed by atoms with Crippen LogP contribution in [0.3, 0.4) is 0 Å². The van der Waals surface area contributed by atoms with Gasteiger partial charge in [0, 0.05) is 32.2 Å². The molecule has 0 radical (unpaired) electrons. The summed E-state index contributed by atoms with van der Waals surface area (Å²) in [6.45, 7) is 3.90. The molecular weight excluding hydrogens is 298 g/mol. The van der Waals surface area contributed by atoms with Gasteiger partial charge in [-0.05, 0) is 36.1 Å². The zero-order valence-corrected chi connectivity index (χ0v) is 14.4. The molecule has 126 valence electrons. The number of carbonyl (C=O) groups is 1. The van der Waals surface area contributed by atoms with E-state index in [1.807, 2.05) is 47.4 Å². The average Bonchev–Trinajstić information content (AvgIpc) is 2.70. The van der Waals surface area contributed by atoms with E-state index >= 15 is 0 Å². The maximum Gasteiger partial charge on any atom is 0.227 e. The van der Waals surface area contributed by atoms with Crippen LogP contribution in [0.5, 0.6) is 0 Å². The number of hydrogen-bond donors (Lipinski definition) is 1. The number of nitrogen functional groups attached to an aromatic ring is 1. The first-order valence-electron chi connectivity index (χ1n) is 8.50. The summed E-state index contributed by atoms with van der Waals surface area (Å²) < 4.78 is 0. The largest absolute Gasteiger partial charge is 0.399 e. The number of rotatable bonds is 3. The highest BCUT2D eigenvalue weighted by Crippen LogP contribution is 2.33. The SMILES string of the molecule is CC1CN(C)c2ccccc2N(C(=O)CCc2ccccc2N)C1. The summed E-state index contributed by atoms with van der Waals surface area (Å²) >= 11 is 0. The monoisotopic (exact) mass is 323 g/mol. The summed E-state index contributed by atoms with van der Waals surface area (Å²) in [5.74, 6) is 0.584. The maximum absolute atomic E-state index is 12.9. The summed E-state index contributed by atoms with van der Waals surface area (Å²) in [5.41, 5.74) is 9.92. The first-order chi connectivity index (χ1) is 11.6. The second-order valence-electron chi connectivity index (χ2n) is 6.68. The Labute approximate surface area is 143 Å². The number of amides is 1. The van der Waals surface area contributed by atoms with Crippen molar-refractivity contribution in [2.45, 2.75) is 19.8 Å². The number of hydrogen-bond acceptors (Lipinski definition) is 3. The lowest BCUT2D eigenvalue weighted by molar-refractivity contribution is -0.118. The van der Waals surface area contributed by atoms with Gasteiger partial charge in [0.2, 0.25) is 5.91 Å². The summed E-state index contributed by atoms with van der Waals surface area (Å²) in [7, 11) is 2.09. The Morgan fingerprint density at radius 1 is 1.08 bits per heavy atom. The minimum atomic E-state index is 0.160. The first-order valence-corrected chi connectivity index (χ1v) is 8.50. The maximum atomic E-state index is 12.9. The lowest BCUT2D eigenvalue weighted by Gasteiger charge is -2.24. The number of carbonyl (C=O) groups excluding carboxylic acids is 1. The van der Waals surface area contributed by atoms with Crippen molar-refractivity contribution in [1.29, 1.82) is 0 Å². The molecule has 1 atom stereocenters. The standard InChI is InChI=1S/C20H25N3O/c1-15-13-22(2)18-9-5-6-10-19(18)23(14-15)20(24)12-11-16-7-3-4-8-17(16)21/h3-10,15H,11-14,21H2,1-2H3. The number of nitrogens with zero attached hydrogens (tertiary/aromatic N) is 2. The van der Waals surface area contributed by atoms with Gasteiger partial charge in [-0.15, -0.1) is 0 Å². The van der Waals surface area contributed by atoms with Crippen LogP contribution < -0.4 is 15.5 Å². The van der Waals surface area contributed by atoms with Gasteiger partial charge in [0.25, 0.3) is 0 Å². The molecule has 0 bridgehead atoms. The molecule has 0 aliphatic carbocycles. The first kappa shape index (κ1) is 16.4. The molecule has 0 saturated carbocycles. The molecule has 0 aromatic heterocycles. The third-order valence-electron chi connectivity index (χ3n) is 4.63. The Balaban J connectivity index is 1.80. The second-order valence-corrected chi connectivity index (χ2v) is 6.68. The van der Waals surface area contributed by atoms with E-state index in [-0.39, 0.29) is 5.91 Å². The molecule has 1 unspecified atom stereocenters. The van der Waals surface area contributed by atoms with Crippen LogP contribution in [-0.4, -0.2) is 26.0 Å². The number of anilines is 3. The van der Waals surface area contributed by atoms with Gasteiger partial charge < -0.3 is 15.5 Å². The van der Waals surface area contributed by atoms with Crippen molar-refractivity contribution in [3.63, 3.8) is 0 Å². The topological polar surface area (TPSA) is 49.6 Å². The lowest BCUT2D eigenvalue weighted by atomic mass is 10.1. The predicted octanol–water partition coefficient (Wildman–Crippen LogP) is 3.32. The molecular formula is C20H25N3O. The molecule has 1 heterocycles. The highest BCUT2D eigenvalue weighted by atomic mass is 16.2. The van der Waals surface area contributed by atoms with Crippen molar-refractivity contribution in [2.24, 2.45) is 5.92 Å². The number of aryl methyl sites for hydroxylation is 1. The van der Waals surface area contributed by atoms with E-state index in [0.29, 0.717) is 18.8 Å². The zero-order chi connectivity index (χ0) is 17.1. The molecule has 0 spiro atoms. The van der Waals surface area contributed by atoms with E-state index in [9.17, 15) is 4.79 Å². The molecule has 2 aromatic carbocycles.